The number of rotatable bonds is 5. The number of nitrogens with zero attached hydrogens (tertiary/aromatic N) is 2. The van der Waals surface area contributed by atoms with Crippen LogP contribution in [0.5, 0.6) is 11.5 Å². The molecule has 3 aromatic rings. The van der Waals surface area contributed by atoms with Crippen LogP contribution in [0.1, 0.15) is 12.8 Å². The maximum atomic E-state index is 10.9. The van der Waals surface area contributed by atoms with E-state index in [1.807, 2.05) is 54.6 Å². The Kier molecular flexibility index (Phi) is 4.33. The van der Waals surface area contributed by atoms with Crippen molar-refractivity contribution >= 4 is 5.91 Å². The van der Waals surface area contributed by atoms with Gasteiger partial charge >= 0.3 is 0 Å². The van der Waals surface area contributed by atoms with Crippen molar-refractivity contribution in [2.75, 3.05) is 0 Å². The smallest absolute Gasteiger partial charge is 0.246 e. The highest BCUT2D eigenvalue weighted by Crippen LogP contribution is 2.24. The summed E-state index contributed by atoms with van der Waals surface area (Å²) in [6, 6.07) is 16.9. The first-order valence-corrected chi connectivity index (χ1v) is 7.11. The van der Waals surface area contributed by atoms with Crippen LogP contribution in [0, 0.1) is 0 Å². The molecule has 0 bridgehead atoms. The van der Waals surface area contributed by atoms with Crippen LogP contribution in [0.2, 0.25) is 0 Å². The van der Waals surface area contributed by atoms with Gasteiger partial charge in [0.15, 0.2) is 0 Å². The predicted octanol–water partition coefficient (Wildman–Crippen LogP) is 3.17. The normalized spacial score (nSPS) is 10.3. The molecule has 0 radical (unpaired) electrons. The molecule has 6 heteroatoms. The zero-order valence-electron chi connectivity index (χ0n) is 12.5. The lowest BCUT2D eigenvalue weighted by Crippen LogP contribution is -2.18. The fraction of sp³-hybridized carbons (Fsp3) is 0.118. The van der Waals surface area contributed by atoms with Crippen molar-refractivity contribution in [3.8, 4) is 22.9 Å². The third-order valence-corrected chi connectivity index (χ3v) is 3.05. The average molecular weight is 309 g/mol. The molecule has 0 aliphatic rings. The quantitative estimate of drug-likeness (QED) is 0.783. The zero-order valence-corrected chi connectivity index (χ0v) is 12.5. The van der Waals surface area contributed by atoms with Gasteiger partial charge in [-0.1, -0.05) is 23.4 Å². The molecule has 1 amide bonds. The molecule has 0 aliphatic carbocycles. The van der Waals surface area contributed by atoms with Gasteiger partial charge in [-0.15, -0.1) is 0 Å². The highest BCUT2D eigenvalue weighted by atomic mass is 16.5. The number of para-hydroxylation sites is 1. The molecule has 0 spiro atoms. The second kappa shape index (κ2) is 6.74. The first-order chi connectivity index (χ1) is 11.2. The minimum atomic E-state index is -0.146. The van der Waals surface area contributed by atoms with Crippen LogP contribution in [0.25, 0.3) is 11.4 Å². The number of hydrogen-bond donors (Lipinski definition) is 1. The number of nitrogens with one attached hydrogen (secondary N) is 1. The number of carbonyl (C=O) groups is 1. The lowest BCUT2D eigenvalue weighted by molar-refractivity contribution is -0.119. The number of hydrogen-bond acceptors (Lipinski definition) is 5. The number of benzene rings is 2. The van der Waals surface area contributed by atoms with Crippen LogP contribution < -0.4 is 10.1 Å². The summed E-state index contributed by atoms with van der Waals surface area (Å²) in [7, 11) is 0. The molecule has 0 saturated heterocycles. The summed E-state index contributed by atoms with van der Waals surface area (Å²) in [5, 5.41) is 6.51. The minimum absolute atomic E-state index is 0.146. The van der Waals surface area contributed by atoms with Crippen LogP contribution in [0.4, 0.5) is 0 Å². The van der Waals surface area contributed by atoms with Gasteiger partial charge in [-0.25, -0.2) is 0 Å². The summed E-state index contributed by atoms with van der Waals surface area (Å²) < 4.78 is 10.8. The molecule has 1 N–H and O–H groups in total. The van der Waals surface area contributed by atoms with E-state index in [1.54, 1.807) is 0 Å². The largest absolute Gasteiger partial charge is 0.457 e. The molecule has 3 rings (SSSR count). The van der Waals surface area contributed by atoms with Crippen molar-refractivity contribution in [3.63, 3.8) is 0 Å². The average Bonchev–Trinajstić information content (AvgIpc) is 3.04. The summed E-state index contributed by atoms with van der Waals surface area (Å²) in [6.45, 7) is 1.65. The van der Waals surface area contributed by atoms with Crippen molar-refractivity contribution in [3.05, 3.63) is 60.5 Å². The fourth-order valence-electron chi connectivity index (χ4n) is 1.94. The van der Waals surface area contributed by atoms with E-state index >= 15 is 0 Å². The first kappa shape index (κ1) is 14.8. The van der Waals surface area contributed by atoms with Gasteiger partial charge in [0.25, 0.3) is 0 Å². The molecule has 0 fully saturated rings. The third kappa shape index (κ3) is 3.94. The lowest BCUT2D eigenvalue weighted by Gasteiger charge is -2.05. The first-order valence-electron chi connectivity index (χ1n) is 7.11. The Morgan fingerprint density at radius 2 is 1.78 bits per heavy atom. The van der Waals surface area contributed by atoms with E-state index < -0.39 is 0 Å². The molecule has 1 heterocycles. The van der Waals surface area contributed by atoms with Crippen molar-refractivity contribution in [2.45, 2.75) is 13.5 Å². The Morgan fingerprint density at radius 1 is 1.09 bits per heavy atom. The van der Waals surface area contributed by atoms with E-state index in [4.69, 9.17) is 9.26 Å². The molecular formula is C17H15N3O3. The Balaban J connectivity index is 1.68. The number of amides is 1. The number of carbonyl (C=O) groups excluding carboxylic acids is 1. The molecule has 0 aliphatic heterocycles. The van der Waals surface area contributed by atoms with Gasteiger partial charge < -0.3 is 14.6 Å². The van der Waals surface area contributed by atoms with E-state index in [1.165, 1.54) is 6.92 Å². The van der Waals surface area contributed by atoms with Crippen molar-refractivity contribution in [1.82, 2.24) is 15.5 Å². The van der Waals surface area contributed by atoms with Crippen LogP contribution >= 0.6 is 0 Å². The zero-order chi connectivity index (χ0) is 16.1. The van der Waals surface area contributed by atoms with E-state index in [2.05, 4.69) is 15.5 Å². The van der Waals surface area contributed by atoms with Crippen LogP contribution in [0.15, 0.2) is 59.1 Å². The van der Waals surface area contributed by atoms with Gasteiger partial charge in [0.1, 0.15) is 11.5 Å². The monoisotopic (exact) mass is 309 g/mol. The molecular weight excluding hydrogens is 294 g/mol. The fourth-order valence-corrected chi connectivity index (χ4v) is 1.94. The number of ether oxygens (including phenoxy) is 1. The summed E-state index contributed by atoms with van der Waals surface area (Å²) in [6.07, 6.45) is 0. The van der Waals surface area contributed by atoms with E-state index in [9.17, 15) is 4.79 Å². The Morgan fingerprint density at radius 3 is 2.48 bits per heavy atom. The maximum Gasteiger partial charge on any atom is 0.246 e. The molecule has 23 heavy (non-hydrogen) atoms. The lowest BCUT2D eigenvalue weighted by atomic mass is 10.2. The van der Waals surface area contributed by atoms with Gasteiger partial charge in [0.2, 0.25) is 17.6 Å². The minimum Gasteiger partial charge on any atom is -0.457 e. The molecule has 6 nitrogen and oxygen atoms in total. The van der Waals surface area contributed by atoms with E-state index in [-0.39, 0.29) is 12.5 Å². The Labute approximate surface area is 133 Å². The Hall–Kier alpha value is -3.15. The van der Waals surface area contributed by atoms with E-state index in [0.29, 0.717) is 11.7 Å². The third-order valence-electron chi connectivity index (χ3n) is 3.05. The molecule has 0 unspecified atom stereocenters. The molecule has 1 aromatic heterocycles. The molecule has 2 aromatic carbocycles. The summed E-state index contributed by atoms with van der Waals surface area (Å²) in [5.74, 6) is 2.18. The standard InChI is InChI=1S/C17H15N3O3/c1-12(21)18-11-16-19-17(20-23-16)13-7-9-15(10-8-13)22-14-5-3-2-4-6-14/h2-10H,11H2,1H3,(H,18,21). The van der Waals surface area contributed by atoms with Crippen LogP contribution in [-0.4, -0.2) is 16.0 Å². The summed E-state index contributed by atoms with van der Waals surface area (Å²) >= 11 is 0. The van der Waals surface area contributed by atoms with E-state index in [0.717, 1.165) is 17.1 Å². The summed E-state index contributed by atoms with van der Waals surface area (Å²) in [4.78, 5) is 15.1. The topological polar surface area (TPSA) is 77.2 Å². The highest BCUT2D eigenvalue weighted by Gasteiger charge is 2.09. The van der Waals surface area contributed by atoms with Crippen LogP contribution in [-0.2, 0) is 11.3 Å². The highest BCUT2D eigenvalue weighted by molar-refractivity contribution is 5.72. The maximum absolute atomic E-state index is 10.9. The van der Waals surface area contributed by atoms with Gasteiger partial charge in [0, 0.05) is 12.5 Å². The molecule has 0 saturated carbocycles. The van der Waals surface area contributed by atoms with Crippen LogP contribution in [0.3, 0.4) is 0 Å². The van der Waals surface area contributed by atoms with Crippen molar-refractivity contribution in [2.24, 2.45) is 0 Å². The van der Waals surface area contributed by atoms with Gasteiger partial charge in [-0.3, -0.25) is 4.79 Å². The SMILES string of the molecule is CC(=O)NCc1nc(-c2ccc(Oc3ccccc3)cc2)no1. The predicted molar refractivity (Wildman–Crippen MR) is 83.8 cm³/mol. The Bertz CT molecular complexity index is 782. The van der Waals surface area contributed by atoms with Crippen molar-refractivity contribution in [1.29, 1.82) is 0 Å². The second-order valence-electron chi connectivity index (χ2n) is 4.86. The summed E-state index contributed by atoms with van der Waals surface area (Å²) in [5.41, 5.74) is 0.809. The number of aromatic nitrogens is 2. The van der Waals surface area contributed by atoms with Gasteiger partial charge in [0.05, 0.1) is 6.54 Å². The molecule has 0 atom stereocenters. The second-order valence-corrected chi connectivity index (χ2v) is 4.86. The van der Waals surface area contributed by atoms with Crippen molar-refractivity contribution < 1.29 is 14.1 Å². The molecule has 116 valence electrons. The van der Waals surface area contributed by atoms with Gasteiger partial charge in [-0.2, -0.15) is 4.98 Å². The van der Waals surface area contributed by atoms with Gasteiger partial charge in [-0.05, 0) is 36.4 Å².